The molecule has 2 unspecified atom stereocenters. The van der Waals surface area contributed by atoms with Crippen LogP contribution in [0, 0.1) is 5.92 Å². The van der Waals surface area contributed by atoms with E-state index in [-0.39, 0.29) is 0 Å². The van der Waals surface area contributed by atoms with Crippen LogP contribution in [-0.2, 0) is 0 Å². The fourth-order valence-corrected chi connectivity index (χ4v) is 2.53. The average Bonchev–Trinajstić information content (AvgIpc) is 2.48. The largest absolute Gasteiger partial charge is 0.0833 e. The number of allylic oxidation sites excluding steroid dienone is 5. The van der Waals surface area contributed by atoms with Gasteiger partial charge in [0.25, 0.3) is 0 Å². The summed E-state index contributed by atoms with van der Waals surface area (Å²) in [5.74, 6) is 1.22. The normalized spacial score (nSPS) is 26.9. The smallest absolute Gasteiger partial charge is 0.00929 e. The third-order valence-corrected chi connectivity index (χ3v) is 3.31. The highest BCUT2D eigenvalue weighted by molar-refractivity contribution is 5.57. The topological polar surface area (TPSA) is 0 Å². The molecule has 0 bridgehead atoms. The Labute approximate surface area is 90.6 Å². The van der Waals surface area contributed by atoms with Crippen LogP contribution in [-0.4, -0.2) is 0 Å². The molecule has 74 valence electrons. The van der Waals surface area contributed by atoms with Crippen LogP contribution in [0.4, 0.5) is 0 Å². The first-order valence-electron chi connectivity index (χ1n) is 5.55. The summed E-state index contributed by atoms with van der Waals surface area (Å²) in [6.45, 7) is 0. The van der Waals surface area contributed by atoms with Gasteiger partial charge in [-0.15, -0.1) is 0 Å². The lowest BCUT2D eigenvalue weighted by Gasteiger charge is -2.23. The molecule has 1 aromatic carbocycles. The fraction of sp³-hybridized carbons (Fsp3) is 0.200. The first kappa shape index (κ1) is 8.72. The number of rotatable bonds is 0. The van der Waals surface area contributed by atoms with Gasteiger partial charge < -0.3 is 0 Å². The van der Waals surface area contributed by atoms with Gasteiger partial charge in [-0.2, -0.15) is 0 Å². The van der Waals surface area contributed by atoms with Crippen molar-refractivity contribution < 1.29 is 0 Å². The van der Waals surface area contributed by atoms with E-state index in [4.69, 9.17) is 0 Å². The first-order valence-corrected chi connectivity index (χ1v) is 5.55. The van der Waals surface area contributed by atoms with Gasteiger partial charge in [0.05, 0.1) is 0 Å². The summed E-state index contributed by atoms with van der Waals surface area (Å²) in [6, 6.07) is 8.72. The van der Waals surface area contributed by atoms with Gasteiger partial charge in [0.1, 0.15) is 0 Å². The van der Waals surface area contributed by atoms with Gasteiger partial charge in [0, 0.05) is 5.92 Å². The maximum Gasteiger partial charge on any atom is 0.00929 e. The number of fused-ring (bicyclic) bond motifs is 3. The Morgan fingerprint density at radius 3 is 2.87 bits per heavy atom. The van der Waals surface area contributed by atoms with Gasteiger partial charge in [-0.1, -0.05) is 60.7 Å². The molecule has 0 radical (unpaired) electrons. The van der Waals surface area contributed by atoms with Crippen molar-refractivity contribution in [3.8, 4) is 0 Å². The van der Waals surface area contributed by atoms with E-state index in [1.54, 1.807) is 0 Å². The summed E-state index contributed by atoms with van der Waals surface area (Å²) in [5.41, 5.74) is 2.85. The van der Waals surface area contributed by atoms with Gasteiger partial charge >= 0.3 is 0 Å². The Morgan fingerprint density at radius 2 is 1.87 bits per heavy atom. The third-order valence-electron chi connectivity index (χ3n) is 3.31. The lowest BCUT2D eigenvalue weighted by atomic mass is 9.81. The number of benzene rings is 1. The van der Waals surface area contributed by atoms with E-state index in [9.17, 15) is 0 Å². The molecule has 2 aliphatic rings. The first-order chi connectivity index (χ1) is 7.45. The monoisotopic (exact) mass is 194 g/mol. The van der Waals surface area contributed by atoms with Crippen LogP contribution in [0.3, 0.4) is 0 Å². The molecule has 15 heavy (non-hydrogen) atoms. The van der Waals surface area contributed by atoms with Gasteiger partial charge in [-0.3, -0.25) is 0 Å². The predicted octanol–water partition coefficient (Wildman–Crippen LogP) is 3.93. The molecule has 2 atom stereocenters. The standard InChI is InChI=1S/C15H14/c1-3-10-14-12(6-1)8-5-9-13-7-2-4-11-15(13)14/h1-8,10-11,13,15H,9H2. The van der Waals surface area contributed by atoms with Crippen LogP contribution in [0.1, 0.15) is 23.5 Å². The summed E-state index contributed by atoms with van der Waals surface area (Å²) in [7, 11) is 0. The molecule has 0 N–H and O–H groups in total. The molecule has 0 nitrogen and oxygen atoms in total. The summed E-state index contributed by atoms with van der Waals surface area (Å²) < 4.78 is 0. The van der Waals surface area contributed by atoms with Crippen molar-refractivity contribution in [1.82, 2.24) is 0 Å². The van der Waals surface area contributed by atoms with Crippen molar-refractivity contribution in [3.63, 3.8) is 0 Å². The number of hydrogen-bond acceptors (Lipinski definition) is 0. The van der Waals surface area contributed by atoms with E-state index < -0.39 is 0 Å². The third kappa shape index (κ3) is 1.46. The van der Waals surface area contributed by atoms with Crippen molar-refractivity contribution in [2.45, 2.75) is 12.3 Å². The molecule has 0 spiro atoms. The van der Waals surface area contributed by atoms with Gasteiger partial charge in [0.15, 0.2) is 0 Å². The zero-order valence-corrected chi connectivity index (χ0v) is 8.64. The summed E-state index contributed by atoms with van der Waals surface area (Å²) in [4.78, 5) is 0. The quantitative estimate of drug-likeness (QED) is 0.587. The van der Waals surface area contributed by atoms with E-state index in [1.165, 1.54) is 11.1 Å². The van der Waals surface area contributed by atoms with Crippen molar-refractivity contribution in [3.05, 3.63) is 65.8 Å². The molecule has 3 rings (SSSR count). The van der Waals surface area contributed by atoms with E-state index in [2.05, 4.69) is 60.7 Å². The van der Waals surface area contributed by atoms with Crippen LogP contribution in [0.5, 0.6) is 0 Å². The molecule has 0 heterocycles. The highest BCUT2D eigenvalue weighted by Crippen LogP contribution is 2.37. The van der Waals surface area contributed by atoms with Crippen LogP contribution in [0.2, 0.25) is 0 Å². The van der Waals surface area contributed by atoms with Crippen LogP contribution < -0.4 is 0 Å². The zero-order chi connectivity index (χ0) is 10.1. The van der Waals surface area contributed by atoms with Gasteiger partial charge in [-0.25, -0.2) is 0 Å². The lowest BCUT2D eigenvalue weighted by molar-refractivity contribution is 0.590. The maximum atomic E-state index is 2.33. The fourth-order valence-electron chi connectivity index (χ4n) is 2.53. The van der Waals surface area contributed by atoms with E-state index >= 15 is 0 Å². The van der Waals surface area contributed by atoms with E-state index in [0.717, 1.165) is 6.42 Å². The van der Waals surface area contributed by atoms with Crippen molar-refractivity contribution in [2.75, 3.05) is 0 Å². The van der Waals surface area contributed by atoms with Gasteiger partial charge in [-0.05, 0) is 23.5 Å². The maximum absolute atomic E-state index is 2.33. The minimum Gasteiger partial charge on any atom is -0.0833 e. The molecule has 0 saturated carbocycles. The Kier molecular flexibility index (Phi) is 2.06. The Hall–Kier alpha value is -1.56. The highest BCUT2D eigenvalue weighted by Gasteiger charge is 2.22. The lowest BCUT2D eigenvalue weighted by Crippen LogP contribution is -2.09. The Bertz CT molecular complexity index is 449. The molecule has 2 aliphatic carbocycles. The predicted molar refractivity (Wildman–Crippen MR) is 64.6 cm³/mol. The van der Waals surface area contributed by atoms with Crippen molar-refractivity contribution in [2.24, 2.45) is 5.92 Å². The Balaban J connectivity index is 2.13. The molecule has 0 aliphatic heterocycles. The zero-order valence-electron chi connectivity index (χ0n) is 8.64. The molecule has 1 aromatic rings. The molecule has 0 saturated heterocycles. The molecule has 0 amide bonds. The van der Waals surface area contributed by atoms with E-state index in [0.29, 0.717) is 11.8 Å². The minimum absolute atomic E-state index is 0.571. The van der Waals surface area contributed by atoms with Gasteiger partial charge in [0.2, 0.25) is 0 Å². The molecule has 0 aromatic heterocycles. The van der Waals surface area contributed by atoms with Crippen LogP contribution >= 0.6 is 0 Å². The molecule has 0 heteroatoms. The number of hydrogen-bond donors (Lipinski definition) is 0. The molecular weight excluding hydrogens is 180 g/mol. The summed E-state index contributed by atoms with van der Waals surface area (Å²) in [6.07, 6.45) is 14.7. The Morgan fingerprint density at radius 1 is 1.00 bits per heavy atom. The van der Waals surface area contributed by atoms with Crippen molar-refractivity contribution >= 4 is 6.08 Å². The van der Waals surface area contributed by atoms with E-state index in [1.807, 2.05) is 0 Å². The highest BCUT2D eigenvalue weighted by atomic mass is 14.3. The molecular formula is C15H14. The summed E-state index contributed by atoms with van der Waals surface area (Å²) >= 11 is 0. The average molecular weight is 194 g/mol. The second-order valence-corrected chi connectivity index (χ2v) is 4.23. The SMILES string of the molecule is C1=CC2CC=Cc3ccccc3C2C=C1. The second kappa shape index (κ2) is 3.54. The minimum atomic E-state index is 0.571. The van der Waals surface area contributed by atoms with Crippen LogP contribution in [0.15, 0.2) is 54.6 Å². The summed E-state index contributed by atoms with van der Waals surface area (Å²) in [5, 5.41) is 0. The second-order valence-electron chi connectivity index (χ2n) is 4.23. The molecule has 0 fully saturated rings. The van der Waals surface area contributed by atoms with Crippen LogP contribution in [0.25, 0.3) is 6.08 Å². The van der Waals surface area contributed by atoms with Crippen molar-refractivity contribution in [1.29, 1.82) is 0 Å².